The van der Waals surface area contributed by atoms with Gasteiger partial charge in [-0.2, -0.15) is 0 Å². The number of halogens is 1. The third-order valence-electron chi connectivity index (χ3n) is 3.51. The Bertz CT molecular complexity index is 670. The van der Waals surface area contributed by atoms with Gasteiger partial charge < -0.3 is 4.90 Å². The van der Waals surface area contributed by atoms with E-state index in [1.807, 2.05) is 17.0 Å². The van der Waals surface area contributed by atoms with Crippen LogP contribution in [0.3, 0.4) is 0 Å². The molecule has 1 fully saturated rings. The molecule has 1 saturated carbocycles. The van der Waals surface area contributed by atoms with Crippen molar-refractivity contribution in [3.63, 3.8) is 0 Å². The fourth-order valence-electron chi connectivity index (χ4n) is 2.35. The number of amides is 1. The highest BCUT2D eigenvalue weighted by Crippen LogP contribution is 2.29. The van der Waals surface area contributed by atoms with Crippen molar-refractivity contribution in [3.05, 3.63) is 58.6 Å². The summed E-state index contributed by atoms with van der Waals surface area (Å²) in [6.07, 6.45) is 5.00. The number of carbonyl (C=O) groups is 1. The maximum Gasteiger partial charge on any atom is 0.274 e. The summed E-state index contributed by atoms with van der Waals surface area (Å²) in [5.41, 5.74) is 2.63. The average molecular weight is 302 g/mol. The van der Waals surface area contributed by atoms with Crippen molar-refractivity contribution in [2.45, 2.75) is 32.4 Å². The minimum atomic E-state index is -0.103. The van der Waals surface area contributed by atoms with Gasteiger partial charge in [0.25, 0.3) is 5.91 Å². The molecule has 1 aromatic heterocycles. The third kappa shape index (κ3) is 3.39. The molecule has 1 aliphatic carbocycles. The SMILES string of the molecule is Cc1cccc(CN(C(=O)c2cncc(Cl)n2)C2CC2)c1. The summed E-state index contributed by atoms with van der Waals surface area (Å²) >= 11 is 5.83. The predicted molar refractivity (Wildman–Crippen MR) is 81.1 cm³/mol. The molecule has 0 saturated heterocycles. The van der Waals surface area contributed by atoms with Crippen LogP contribution >= 0.6 is 11.6 Å². The van der Waals surface area contributed by atoms with Crippen molar-refractivity contribution < 1.29 is 4.79 Å². The minimum absolute atomic E-state index is 0.103. The van der Waals surface area contributed by atoms with Crippen molar-refractivity contribution in [2.75, 3.05) is 0 Å². The van der Waals surface area contributed by atoms with E-state index in [0.717, 1.165) is 18.4 Å². The van der Waals surface area contributed by atoms with E-state index in [4.69, 9.17) is 11.6 Å². The summed E-state index contributed by atoms with van der Waals surface area (Å²) in [5, 5.41) is 0.243. The lowest BCUT2D eigenvalue weighted by Gasteiger charge is -2.22. The van der Waals surface area contributed by atoms with E-state index in [1.165, 1.54) is 18.0 Å². The average Bonchev–Trinajstić information content (AvgIpc) is 3.29. The zero-order chi connectivity index (χ0) is 14.8. The van der Waals surface area contributed by atoms with Crippen molar-refractivity contribution in [1.82, 2.24) is 14.9 Å². The Hall–Kier alpha value is -1.94. The van der Waals surface area contributed by atoms with Gasteiger partial charge in [-0.15, -0.1) is 0 Å². The van der Waals surface area contributed by atoms with Gasteiger partial charge >= 0.3 is 0 Å². The first-order valence-electron chi connectivity index (χ1n) is 6.97. The molecule has 1 aliphatic rings. The first kappa shape index (κ1) is 14.0. The van der Waals surface area contributed by atoms with Gasteiger partial charge in [0.05, 0.1) is 12.4 Å². The maximum absolute atomic E-state index is 12.6. The monoisotopic (exact) mass is 301 g/mol. The molecule has 1 amide bonds. The van der Waals surface area contributed by atoms with E-state index in [9.17, 15) is 4.79 Å². The zero-order valence-corrected chi connectivity index (χ0v) is 12.5. The number of aromatic nitrogens is 2. The zero-order valence-electron chi connectivity index (χ0n) is 11.8. The molecule has 3 rings (SSSR count). The van der Waals surface area contributed by atoms with Crippen LogP contribution < -0.4 is 0 Å². The number of aryl methyl sites for hydroxylation is 1. The largest absolute Gasteiger partial charge is 0.330 e. The van der Waals surface area contributed by atoms with Gasteiger partial charge in [0, 0.05) is 12.6 Å². The number of hydrogen-bond donors (Lipinski definition) is 0. The standard InChI is InChI=1S/C16H16ClN3O/c1-11-3-2-4-12(7-11)10-20(13-5-6-13)16(21)14-8-18-9-15(17)19-14/h2-4,7-9,13H,5-6,10H2,1H3. The quantitative estimate of drug-likeness (QED) is 0.871. The van der Waals surface area contributed by atoms with Crippen LogP contribution in [0.1, 0.15) is 34.5 Å². The first-order chi connectivity index (χ1) is 10.1. The molecule has 0 aliphatic heterocycles. The Morgan fingerprint density at radius 3 is 2.86 bits per heavy atom. The minimum Gasteiger partial charge on any atom is -0.330 e. The van der Waals surface area contributed by atoms with Crippen LogP contribution in [-0.2, 0) is 6.54 Å². The molecule has 108 valence electrons. The van der Waals surface area contributed by atoms with Crippen LogP contribution in [0.4, 0.5) is 0 Å². The van der Waals surface area contributed by atoms with Crippen LogP contribution in [0.2, 0.25) is 5.15 Å². The highest BCUT2D eigenvalue weighted by molar-refractivity contribution is 6.29. The molecule has 21 heavy (non-hydrogen) atoms. The number of rotatable bonds is 4. The topological polar surface area (TPSA) is 46.1 Å². The molecule has 0 atom stereocenters. The molecule has 0 bridgehead atoms. The molecule has 0 radical (unpaired) electrons. The Balaban J connectivity index is 1.83. The van der Waals surface area contributed by atoms with Gasteiger partial charge in [-0.25, -0.2) is 4.98 Å². The molecule has 2 aromatic rings. The van der Waals surface area contributed by atoms with Gasteiger partial charge in [-0.1, -0.05) is 41.4 Å². The molecule has 1 heterocycles. The van der Waals surface area contributed by atoms with Crippen LogP contribution in [0.15, 0.2) is 36.7 Å². The maximum atomic E-state index is 12.6. The van der Waals surface area contributed by atoms with E-state index in [2.05, 4.69) is 29.0 Å². The second-order valence-electron chi connectivity index (χ2n) is 5.38. The Kier molecular flexibility index (Phi) is 3.88. The molecular formula is C16H16ClN3O. The van der Waals surface area contributed by atoms with E-state index < -0.39 is 0 Å². The number of nitrogens with zero attached hydrogens (tertiary/aromatic N) is 3. The second kappa shape index (κ2) is 5.82. The molecule has 5 heteroatoms. The van der Waals surface area contributed by atoms with Gasteiger partial charge in [0.2, 0.25) is 0 Å². The van der Waals surface area contributed by atoms with Crippen molar-refractivity contribution in [3.8, 4) is 0 Å². The first-order valence-corrected chi connectivity index (χ1v) is 7.35. The highest BCUT2D eigenvalue weighted by atomic mass is 35.5. The van der Waals surface area contributed by atoms with Crippen LogP contribution in [0.5, 0.6) is 0 Å². The summed E-state index contributed by atoms with van der Waals surface area (Å²) in [6.45, 7) is 2.65. The van der Waals surface area contributed by atoms with Crippen LogP contribution in [-0.4, -0.2) is 26.8 Å². The summed E-state index contributed by atoms with van der Waals surface area (Å²) in [7, 11) is 0. The van der Waals surface area contributed by atoms with Gasteiger partial charge in [-0.3, -0.25) is 9.78 Å². The number of carbonyl (C=O) groups excluding carboxylic acids is 1. The Morgan fingerprint density at radius 1 is 1.38 bits per heavy atom. The predicted octanol–water partition coefficient (Wildman–Crippen LogP) is 3.24. The molecular weight excluding hydrogens is 286 g/mol. The van der Waals surface area contributed by atoms with Gasteiger partial charge in [-0.05, 0) is 25.3 Å². The smallest absolute Gasteiger partial charge is 0.274 e. The van der Waals surface area contributed by atoms with Crippen LogP contribution in [0.25, 0.3) is 0 Å². The van der Waals surface area contributed by atoms with Crippen molar-refractivity contribution in [2.24, 2.45) is 0 Å². The summed E-state index contributed by atoms with van der Waals surface area (Å²) in [4.78, 5) is 22.5. The van der Waals surface area contributed by atoms with Gasteiger partial charge in [0.1, 0.15) is 10.8 Å². The fraction of sp³-hybridized carbons (Fsp3) is 0.312. The van der Waals surface area contributed by atoms with E-state index in [1.54, 1.807) is 0 Å². The van der Waals surface area contributed by atoms with Crippen molar-refractivity contribution in [1.29, 1.82) is 0 Å². The Labute approximate surface area is 128 Å². The summed E-state index contributed by atoms with van der Waals surface area (Å²) in [5.74, 6) is -0.103. The lowest BCUT2D eigenvalue weighted by Crippen LogP contribution is -2.33. The lowest BCUT2D eigenvalue weighted by atomic mass is 10.1. The Morgan fingerprint density at radius 2 is 2.19 bits per heavy atom. The van der Waals surface area contributed by atoms with E-state index in [0.29, 0.717) is 18.3 Å². The molecule has 4 nitrogen and oxygen atoms in total. The lowest BCUT2D eigenvalue weighted by molar-refractivity contribution is 0.0723. The summed E-state index contributed by atoms with van der Waals surface area (Å²) < 4.78 is 0. The van der Waals surface area contributed by atoms with Crippen molar-refractivity contribution >= 4 is 17.5 Å². The second-order valence-corrected chi connectivity index (χ2v) is 5.77. The van der Waals surface area contributed by atoms with E-state index in [-0.39, 0.29) is 11.1 Å². The number of benzene rings is 1. The highest BCUT2D eigenvalue weighted by Gasteiger charge is 2.33. The normalized spacial score (nSPS) is 14.0. The molecule has 0 N–H and O–H groups in total. The molecule has 1 aromatic carbocycles. The third-order valence-corrected chi connectivity index (χ3v) is 3.69. The summed E-state index contributed by atoms with van der Waals surface area (Å²) in [6, 6.07) is 8.51. The molecule has 0 spiro atoms. The fourth-order valence-corrected chi connectivity index (χ4v) is 2.50. The van der Waals surface area contributed by atoms with Gasteiger partial charge in [0.15, 0.2) is 0 Å². The number of hydrogen-bond acceptors (Lipinski definition) is 3. The van der Waals surface area contributed by atoms with E-state index >= 15 is 0 Å². The van der Waals surface area contributed by atoms with Crippen LogP contribution in [0, 0.1) is 6.92 Å². The molecule has 0 unspecified atom stereocenters.